The molecule has 8 nitrogen and oxygen atoms in total. The highest BCUT2D eigenvalue weighted by atomic mass is 16.3. The number of benzene rings is 1. The number of carbonyl (C=O) groups is 1. The summed E-state index contributed by atoms with van der Waals surface area (Å²) in [5, 5.41) is 20.1. The first-order valence-corrected chi connectivity index (χ1v) is 11.6. The second-order valence-electron chi connectivity index (χ2n) is 10.0. The largest absolute Gasteiger partial charge is 0.393 e. The van der Waals surface area contributed by atoms with Gasteiger partial charge in [-0.15, -0.1) is 0 Å². The molecule has 3 atom stereocenters. The summed E-state index contributed by atoms with van der Waals surface area (Å²) in [5.41, 5.74) is 2.00. The summed E-state index contributed by atoms with van der Waals surface area (Å²) in [6.07, 6.45) is 6.34. The second-order valence-corrected chi connectivity index (χ2v) is 10.0. The Kier molecular flexibility index (Phi) is 6.38. The Morgan fingerprint density at radius 1 is 1.27 bits per heavy atom. The third-order valence-corrected chi connectivity index (χ3v) is 7.07. The van der Waals surface area contributed by atoms with Crippen LogP contribution in [0.25, 0.3) is 0 Å². The molecule has 1 saturated carbocycles. The molecule has 4 rings (SSSR count). The monoisotopic (exact) mass is 450 g/mol. The highest BCUT2D eigenvalue weighted by Gasteiger charge is 2.42. The normalized spacial score (nSPS) is 26.2. The maximum absolute atomic E-state index is 12.7. The van der Waals surface area contributed by atoms with Crippen LogP contribution in [0.1, 0.15) is 57.6 Å². The minimum Gasteiger partial charge on any atom is -0.393 e. The average molecular weight is 451 g/mol. The molecule has 4 N–H and O–H groups in total. The minimum atomic E-state index is -0.589. The van der Waals surface area contributed by atoms with Gasteiger partial charge in [0.05, 0.1) is 17.1 Å². The van der Waals surface area contributed by atoms with Crippen molar-refractivity contribution < 1.29 is 9.90 Å². The molecule has 0 spiro atoms. The van der Waals surface area contributed by atoms with Gasteiger partial charge in [-0.05, 0) is 49.7 Å². The van der Waals surface area contributed by atoms with Crippen LogP contribution < -0.4 is 16.0 Å². The van der Waals surface area contributed by atoms with E-state index in [2.05, 4.69) is 39.8 Å². The number of fused-ring (bicyclic) bond motifs is 1. The number of aliphatic imine (C=N–C) groups is 1. The van der Waals surface area contributed by atoms with Crippen LogP contribution in [0.15, 0.2) is 35.5 Å². The van der Waals surface area contributed by atoms with Gasteiger partial charge in [-0.1, -0.05) is 32.0 Å². The van der Waals surface area contributed by atoms with E-state index in [1.54, 1.807) is 19.5 Å². The molecular formula is C25H34N6O2. The van der Waals surface area contributed by atoms with Crippen molar-refractivity contribution in [3.63, 3.8) is 0 Å². The van der Waals surface area contributed by atoms with Crippen molar-refractivity contribution in [2.45, 2.75) is 64.0 Å². The summed E-state index contributed by atoms with van der Waals surface area (Å²) in [7, 11) is 1.72. The highest BCUT2D eigenvalue weighted by molar-refractivity contribution is 6.05. The third kappa shape index (κ3) is 4.71. The first kappa shape index (κ1) is 23.2. The molecule has 176 valence electrons. The number of aliphatic hydroxyl groups is 1. The molecular weight excluding hydrogens is 416 g/mol. The molecule has 33 heavy (non-hydrogen) atoms. The van der Waals surface area contributed by atoms with Crippen molar-refractivity contribution >= 4 is 29.6 Å². The van der Waals surface area contributed by atoms with Crippen LogP contribution >= 0.6 is 0 Å². The first-order chi connectivity index (χ1) is 15.7. The topological polar surface area (TPSA) is 112 Å². The van der Waals surface area contributed by atoms with E-state index in [9.17, 15) is 9.90 Å². The lowest BCUT2D eigenvalue weighted by Crippen LogP contribution is -2.41. The Labute approximate surface area is 195 Å². The van der Waals surface area contributed by atoms with Gasteiger partial charge in [-0.2, -0.15) is 4.98 Å². The molecule has 1 fully saturated rings. The number of aromatic nitrogens is 2. The Morgan fingerprint density at radius 2 is 2.06 bits per heavy atom. The van der Waals surface area contributed by atoms with Gasteiger partial charge in [-0.3, -0.25) is 9.79 Å². The summed E-state index contributed by atoms with van der Waals surface area (Å²) < 4.78 is 0. The van der Waals surface area contributed by atoms with Crippen LogP contribution in [-0.2, 0) is 10.2 Å². The zero-order valence-electron chi connectivity index (χ0n) is 19.9. The quantitative estimate of drug-likeness (QED) is 0.480. The number of aliphatic hydroxyl groups excluding tert-OH is 1. The van der Waals surface area contributed by atoms with Crippen molar-refractivity contribution in [2.24, 2.45) is 10.4 Å². The van der Waals surface area contributed by atoms with Crippen LogP contribution in [0.3, 0.4) is 0 Å². The molecule has 1 aromatic heterocycles. The highest BCUT2D eigenvalue weighted by Crippen LogP contribution is 2.40. The van der Waals surface area contributed by atoms with E-state index >= 15 is 0 Å². The van der Waals surface area contributed by atoms with Crippen molar-refractivity contribution in [1.29, 1.82) is 0 Å². The molecule has 8 heteroatoms. The summed E-state index contributed by atoms with van der Waals surface area (Å²) in [6.45, 7) is 6.74. The Balaban J connectivity index is 1.45. The van der Waals surface area contributed by atoms with E-state index in [4.69, 9.17) is 4.98 Å². The zero-order valence-corrected chi connectivity index (χ0v) is 19.9. The predicted molar refractivity (Wildman–Crippen MR) is 132 cm³/mol. The molecule has 1 aliphatic carbocycles. The van der Waals surface area contributed by atoms with Crippen LogP contribution in [0.4, 0.5) is 17.5 Å². The summed E-state index contributed by atoms with van der Waals surface area (Å²) >= 11 is 0. The Bertz CT molecular complexity index is 1050. The van der Waals surface area contributed by atoms with E-state index in [0.717, 1.165) is 41.9 Å². The number of rotatable bonds is 7. The molecule has 2 heterocycles. The van der Waals surface area contributed by atoms with Gasteiger partial charge in [0, 0.05) is 37.7 Å². The number of hydrogen-bond acceptors (Lipinski definition) is 7. The molecule has 1 aliphatic heterocycles. The average Bonchev–Trinajstić information content (AvgIpc) is 3.03. The van der Waals surface area contributed by atoms with Gasteiger partial charge in [0.1, 0.15) is 5.82 Å². The van der Waals surface area contributed by atoms with Crippen molar-refractivity contribution in [3.05, 3.63) is 41.6 Å². The van der Waals surface area contributed by atoms with Gasteiger partial charge < -0.3 is 21.1 Å². The maximum Gasteiger partial charge on any atom is 0.234 e. The number of para-hydroxylation sites is 1. The van der Waals surface area contributed by atoms with Gasteiger partial charge in [-0.25, -0.2) is 4.98 Å². The maximum atomic E-state index is 12.7. The molecule has 1 aromatic carbocycles. The smallest absolute Gasteiger partial charge is 0.234 e. The number of hydrogen-bond donors (Lipinski definition) is 4. The van der Waals surface area contributed by atoms with Crippen molar-refractivity contribution in [1.82, 2.24) is 9.97 Å². The van der Waals surface area contributed by atoms with Crippen LogP contribution in [0.2, 0.25) is 0 Å². The van der Waals surface area contributed by atoms with E-state index in [1.165, 1.54) is 0 Å². The number of anilines is 3. The summed E-state index contributed by atoms with van der Waals surface area (Å²) in [4.78, 5) is 25.9. The molecule has 2 aliphatic rings. The van der Waals surface area contributed by atoms with Gasteiger partial charge in [0.25, 0.3) is 0 Å². The zero-order chi connectivity index (χ0) is 23.6. The first-order valence-electron chi connectivity index (χ1n) is 11.6. The Hall–Kier alpha value is -3.00. The third-order valence-electron chi connectivity index (χ3n) is 7.07. The standard InChI is InChI=1S/C25H34N6O2/c1-24(2)13-17(9-10-20(24)32)29-21-16(14-26-4)15-28-23(31-21)27-12-11-25(3)18-7-5-6-8-19(18)30-22(25)33/h5-8,14-15,17,20,32H,9-13H2,1-4H3,(H,30,33)(H2,27,28,29,31)/b26-14-/t17-,20+,25+/m1/s1. The number of nitrogens with one attached hydrogen (secondary N) is 3. The van der Waals surface area contributed by atoms with Crippen molar-refractivity contribution in [2.75, 3.05) is 29.5 Å². The van der Waals surface area contributed by atoms with E-state index in [1.807, 2.05) is 31.2 Å². The lowest BCUT2D eigenvalue weighted by atomic mass is 9.73. The summed E-state index contributed by atoms with van der Waals surface area (Å²) in [5.74, 6) is 1.26. The molecule has 2 aromatic rings. The fourth-order valence-corrected chi connectivity index (χ4v) is 4.89. The van der Waals surface area contributed by atoms with Crippen LogP contribution in [0, 0.1) is 5.41 Å². The van der Waals surface area contributed by atoms with E-state index in [0.29, 0.717) is 18.9 Å². The Morgan fingerprint density at radius 3 is 2.82 bits per heavy atom. The van der Waals surface area contributed by atoms with Crippen LogP contribution in [0.5, 0.6) is 0 Å². The predicted octanol–water partition coefficient (Wildman–Crippen LogP) is 3.59. The minimum absolute atomic E-state index is 0.0189. The summed E-state index contributed by atoms with van der Waals surface area (Å²) in [6, 6.07) is 8.05. The van der Waals surface area contributed by atoms with Crippen LogP contribution in [-0.4, -0.2) is 52.9 Å². The molecule has 0 bridgehead atoms. The molecule has 0 unspecified atom stereocenters. The number of carbonyl (C=O) groups excluding carboxylic acids is 1. The van der Waals surface area contributed by atoms with Gasteiger partial charge in [0.15, 0.2) is 0 Å². The van der Waals surface area contributed by atoms with Crippen molar-refractivity contribution in [3.8, 4) is 0 Å². The van der Waals surface area contributed by atoms with E-state index < -0.39 is 5.41 Å². The lowest BCUT2D eigenvalue weighted by molar-refractivity contribution is -0.120. The lowest BCUT2D eigenvalue weighted by Gasteiger charge is -2.40. The molecule has 0 saturated heterocycles. The fourth-order valence-electron chi connectivity index (χ4n) is 4.89. The SMILES string of the molecule is C/N=C\c1cnc(NCC[C@]2(C)C(=O)Nc3ccccc32)nc1N[C@@H]1CC[C@H](O)C(C)(C)C1. The second kappa shape index (κ2) is 9.09. The van der Waals surface area contributed by atoms with Gasteiger partial charge >= 0.3 is 0 Å². The number of nitrogens with zero attached hydrogens (tertiary/aromatic N) is 3. The number of amides is 1. The van der Waals surface area contributed by atoms with Gasteiger partial charge in [0.2, 0.25) is 11.9 Å². The molecule has 0 radical (unpaired) electrons. The fraction of sp³-hybridized carbons (Fsp3) is 0.520. The van der Waals surface area contributed by atoms with E-state index in [-0.39, 0.29) is 23.5 Å². The molecule has 1 amide bonds.